The van der Waals surface area contributed by atoms with Gasteiger partial charge in [0, 0.05) is 18.5 Å². The van der Waals surface area contributed by atoms with Gasteiger partial charge in [-0.15, -0.1) is 5.10 Å². The number of carbonyl (C=O) groups excluding carboxylic acids is 1. The number of carbonyl (C=O) groups is 1. The topological polar surface area (TPSA) is 61.9 Å². The van der Waals surface area contributed by atoms with E-state index in [4.69, 9.17) is 0 Å². The third kappa shape index (κ3) is 3.65. The smallest absolute Gasteiger partial charge is 0.233 e. The average molecular weight is 322 g/mol. The van der Waals surface area contributed by atoms with Crippen LogP contribution >= 0.6 is 11.8 Å². The number of rotatable bonds is 5. The summed E-state index contributed by atoms with van der Waals surface area (Å²) in [5.74, 6) is 2.25. The van der Waals surface area contributed by atoms with Crippen LogP contribution in [0.4, 0.5) is 0 Å². The quantitative estimate of drug-likeness (QED) is 0.845. The van der Waals surface area contributed by atoms with Crippen LogP contribution in [-0.4, -0.2) is 44.3 Å². The van der Waals surface area contributed by atoms with Crippen LogP contribution < -0.4 is 0 Å². The third-order valence-electron chi connectivity index (χ3n) is 4.97. The number of H-pyrrole nitrogens is 1. The summed E-state index contributed by atoms with van der Waals surface area (Å²) in [4.78, 5) is 19.1. The van der Waals surface area contributed by atoms with Gasteiger partial charge in [-0.1, -0.05) is 31.5 Å². The first-order valence-electron chi connectivity index (χ1n) is 8.62. The molecule has 5 nitrogen and oxygen atoms in total. The van der Waals surface area contributed by atoms with Crippen molar-refractivity contribution in [2.24, 2.45) is 0 Å². The van der Waals surface area contributed by atoms with Gasteiger partial charge in [-0.25, -0.2) is 4.98 Å². The number of aromatic nitrogens is 3. The number of nitrogens with zero attached hydrogens (tertiary/aromatic N) is 3. The van der Waals surface area contributed by atoms with E-state index in [-0.39, 0.29) is 5.91 Å². The fourth-order valence-corrected chi connectivity index (χ4v) is 4.36. The molecule has 0 aromatic carbocycles. The van der Waals surface area contributed by atoms with E-state index in [1.165, 1.54) is 43.9 Å². The molecule has 1 aromatic rings. The molecule has 1 saturated heterocycles. The molecule has 0 radical (unpaired) electrons. The van der Waals surface area contributed by atoms with Crippen LogP contribution in [0.2, 0.25) is 0 Å². The van der Waals surface area contributed by atoms with Crippen molar-refractivity contribution >= 4 is 17.7 Å². The Morgan fingerprint density at radius 3 is 2.82 bits per heavy atom. The highest BCUT2D eigenvalue weighted by Gasteiger charge is 2.26. The number of piperidine rings is 1. The van der Waals surface area contributed by atoms with E-state index in [9.17, 15) is 4.79 Å². The van der Waals surface area contributed by atoms with Crippen LogP contribution in [0.25, 0.3) is 0 Å². The van der Waals surface area contributed by atoms with E-state index >= 15 is 0 Å². The molecule has 0 bridgehead atoms. The lowest BCUT2D eigenvalue weighted by Gasteiger charge is -2.35. The molecule has 2 fully saturated rings. The van der Waals surface area contributed by atoms with Crippen molar-refractivity contribution in [1.82, 2.24) is 20.1 Å². The Morgan fingerprint density at radius 2 is 2.05 bits per heavy atom. The van der Waals surface area contributed by atoms with Crippen molar-refractivity contribution < 1.29 is 4.79 Å². The Hall–Kier alpha value is -1.04. The van der Waals surface area contributed by atoms with Crippen LogP contribution in [0.3, 0.4) is 0 Å². The van der Waals surface area contributed by atoms with E-state index in [1.807, 2.05) is 0 Å². The molecule has 1 N–H and O–H groups in total. The number of aromatic amines is 1. The van der Waals surface area contributed by atoms with Gasteiger partial charge in [-0.05, 0) is 38.5 Å². The van der Waals surface area contributed by atoms with Crippen molar-refractivity contribution in [3.63, 3.8) is 0 Å². The molecular weight excluding hydrogens is 296 g/mol. The molecule has 1 unspecified atom stereocenters. The number of nitrogens with one attached hydrogen (secondary N) is 1. The zero-order valence-electron chi connectivity index (χ0n) is 13.4. The summed E-state index contributed by atoms with van der Waals surface area (Å²) < 4.78 is 0. The highest BCUT2D eigenvalue weighted by atomic mass is 32.2. The van der Waals surface area contributed by atoms with Crippen LogP contribution in [0.1, 0.15) is 70.0 Å². The van der Waals surface area contributed by atoms with Gasteiger partial charge in [0.15, 0.2) is 0 Å². The molecule has 1 saturated carbocycles. The summed E-state index contributed by atoms with van der Waals surface area (Å²) in [6.45, 7) is 3.09. The summed E-state index contributed by atoms with van der Waals surface area (Å²) in [5.41, 5.74) is 0. The highest BCUT2D eigenvalue weighted by Crippen LogP contribution is 2.32. The summed E-state index contributed by atoms with van der Waals surface area (Å²) in [7, 11) is 0. The summed E-state index contributed by atoms with van der Waals surface area (Å²) in [5, 5.41) is 8.06. The van der Waals surface area contributed by atoms with Gasteiger partial charge in [0.1, 0.15) is 5.82 Å². The molecule has 1 amide bonds. The van der Waals surface area contributed by atoms with Crippen molar-refractivity contribution in [3.05, 3.63) is 5.82 Å². The largest absolute Gasteiger partial charge is 0.339 e. The maximum Gasteiger partial charge on any atom is 0.233 e. The maximum absolute atomic E-state index is 12.4. The lowest BCUT2D eigenvalue weighted by Crippen LogP contribution is -2.44. The van der Waals surface area contributed by atoms with Crippen molar-refractivity contribution in [2.45, 2.75) is 75.4 Å². The number of hydrogen-bond donors (Lipinski definition) is 1. The minimum Gasteiger partial charge on any atom is -0.339 e. The number of likely N-dealkylation sites (tertiary alicyclic amines) is 1. The van der Waals surface area contributed by atoms with Crippen molar-refractivity contribution in [2.75, 3.05) is 12.3 Å². The molecule has 22 heavy (non-hydrogen) atoms. The predicted molar refractivity (Wildman–Crippen MR) is 88.0 cm³/mol. The standard InChI is InChI=1S/C16H26N4OS/c1-2-13-9-5-6-10-20(13)14(21)11-22-16-17-15(18-19-16)12-7-3-4-8-12/h12-13H,2-11H2,1H3,(H,17,18,19). The Morgan fingerprint density at radius 1 is 1.27 bits per heavy atom. The second-order valence-corrected chi connectivity index (χ2v) is 7.36. The Labute approximate surface area is 136 Å². The molecular formula is C16H26N4OS. The third-order valence-corrected chi connectivity index (χ3v) is 5.80. The molecule has 2 heterocycles. The number of thioether (sulfide) groups is 1. The van der Waals surface area contributed by atoms with Gasteiger partial charge in [-0.2, -0.15) is 0 Å². The lowest BCUT2D eigenvalue weighted by molar-refractivity contribution is -0.132. The fourth-order valence-electron chi connectivity index (χ4n) is 3.67. The number of amides is 1. The average Bonchev–Trinajstić information content (AvgIpc) is 3.23. The molecule has 1 aromatic heterocycles. The summed E-state index contributed by atoms with van der Waals surface area (Å²) in [6.07, 6.45) is 9.61. The second-order valence-electron chi connectivity index (χ2n) is 6.42. The molecule has 1 aliphatic carbocycles. The first-order chi connectivity index (χ1) is 10.8. The monoisotopic (exact) mass is 322 g/mol. The summed E-state index contributed by atoms with van der Waals surface area (Å²) >= 11 is 1.47. The molecule has 0 spiro atoms. The first-order valence-corrected chi connectivity index (χ1v) is 9.61. The molecule has 6 heteroatoms. The molecule has 3 rings (SSSR count). The molecule has 1 atom stereocenters. The van der Waals surface area contributed by atoms with Gasteiger partial charge < -0.3 is 4.90 Å². The Balaban J connectivity index is 1.52. The Kier molecular flexibility index (Phi) is 5.39. The van der Waals surface area contributed by atoms with E-state index in [1.54, 1.807) is 0 Å². The van der Waals surface area contributed by atoms with Crippen LogP contribution in [0, 0.1) is 0 Å². The van der Waals surface area contributed by atoms with Crippen molar-refractivity contribution in [1.29, 1.82) is 0 Å². The fraction of sp³-hybridized carbons (Fsp3) is 0.812. The minimum atomic E-state index is 0.240. The van der Waals surface area contributed by atoms with Gasteiger partial charge in [0.25, 0.3) is 0 Å². The second kappa shape index (κ2) is 7.49. The first kappa shape index (κ1) is 15.8. The van der Waals surface area contributed by atoms with E-state index < -0.39 is 0 Å². The molecule has 1 aliphatic heterocycles. The van der Waals surface area contributed by atoms with Crippen LogP contribution in [-0.2, 0) is 4.79 Å². The van der Waals surface area contributed by atoms with Gasteiger partial charge in [0.2, 0.25) is 11.1 Å². The SMILES string of the molecule is CCC1CCCCN1C(=O)CSc1n[nH]c(C2CCCC2)n1. The molecule has 2 aliphatic rings. The van der Waals surface area contributed by atoms with Gasteiger partial charge >= 0.3 is 0 Å². The van der Waals surface area contributed by atoms with Crippen molar-refractivity contribution in [3.8, 4) is 0 Å². The Bertz CT molecular complexity index is 498. The maximum atomic E-state index is 12.4. The number of hydrogen-bond acceptors (Lipinski definition) is 4. The minimum absolute atomic E-state index is 0.240. The zero-order valence-corrected chi connectivity index (χ0v) is 14.2. The normalized spacial score (nSPS) is 23.1. The highest BCUT2D eigenvalue weighted by molar-refractivity contribution is 7.99. The molecule has 122 valence electrons. The van der Waals surface area contributed by atoms with Crippen LogP contribution in [0.5, 0.6) is 0 Å². The summed E-state index contributed by atoms with van der Waals surface area (Å²) in [6, 6.07) is 0.433. The van der Waals surface area contributed by atoms with E-state index in [0.717, 1.165) is 36.8 Å². The zero-order chi connectivity index (χ0) is 15.4. The van der Waals surface area contributed by atoms with Crippen LogP contribution in [0.15, 0.2) is 5.16 Å². The van der Waals surface area contributed by atoms with E-state index in [2.05, 4.69) is 27.0 Å². The lowest BCUT2D eigenvalue weighted by atomic mass is 10.0. The van der Waals surface area contributed by atoms with E-state index in [0.29, 0.717) is 17.7 Å². The van der Waals surface area contributed by atoms with Gasteiger partial charge in [-0.3, -0.25) is 9.89 Å². The predicted octanol–water partition coefficient (Wildman–Crippen LogP) is 3.35. The van der Waals surface area contributed by atoms with Gasteiger partial charge in [0.05, 0.1) is 5.75 Å².